The average Bonchev–Trinajstić information content (AvgIpc) is 3.43. The molecule has 9 nitrogen and oxygen atoms in total. The molecule has 36 heavy (non-hydrogen) atoms. The monoisotopic (exact) mass is 489 g/mol. The summed E-state index contributed by atoms with van der Waals surface area (Å²) >= 11 is 0. The molecule has 2 aliphatic rings. The molecule has 0 saturated heterocycles. The second kappa shape index (κ2) is 8.44. The molecule has 2 N–H and O–H groups in total. The van der Waals surface area contributed by atoms with Crippen LogP contribution >= 0.6 is 0 Å². The van der Waals surface area contributed by atoms with E-state index in [4.69, 9.17) is 19.6 Å². The summed E-state index contributed by atoms with van der Waals surface area (Å²) in [6.07, 6.45) is 1.53. The molecule has 2 aliphatic heterocycles. The first-order valence-electron chi connectivity index (χ1n) is 11.7. The minimum absolute atomic E-state index is 0.0259. The Kier molecular flexibility index (Phi) is 5.50. The van der Waals surface area contributed by atoms with Crippen molar-refractivity contribution >= 4 is 17.6 Å². The molecule has 1 amide bonds. The predicted octanol–water partition coefficient (Wildman–Crippen LogP) is 2.82. The maximum atomic E-state index is 14.5. The molecule has 0 fully saturated rings. The molecule has 5 rings (SSSR count). The molecule has 2 aromatic heterocycles. The van der Waals surface area contributed by atoms with Gasteiger partial charge in [-0.25, -0.2) is 4.79 Å². The van der Waals surface area contributed by atoms with Crippen LogP contribution in [-0.4, -0.2) is 30.1 Å². The molecular weight excluding hydrogens is 462 g/mol. The van der Waals surface area contributed by atoms with Crippen LogP contribution in [0, 0.1) is 12.8 Å². The highest BCUT2D eigenvalue weighted by molar-refractivity contribution is 6.18. The van der Waals surface area contributed by atoms with Gasteiger partial charge >= 0.3 is 5.97 Å². The minimum Gasteiger partial charge on any atom is -0.467 e. The van der Waals surface area contributed by atoms with Crippen LogP contribution in [0.1, 0.15) is 36.4 Å². The van der Waals surface area contributed by atoms with Gasteiger partial charge in [-0.3, -0.25) is 9.59 Å². The Morgan fingerprint density at radius 3 is 2.58 bits per heavy atom. The summed E-state index contributed by atoms with van der Waals surface area (Å²) in [5.41, 5.74) is 5.48. The van der Waals surface area contributed by atoms with Crippen molar-refractivity contribution in [2.75, 3.05) is 18.6 Å². The van der Waals surface area contributed by atoms with Gasteiger partial charge in [0, 0.05) is 29.6 Å². The van der Waals surface area contributed by atoms with Gasteiger partial charge in [0.25, 0.3) is 5.56 Å². The lowest BCUT2D eigenvalue weighted by molar-refractivity contribution is -0.138. The lowest BCUT2D eigenvalue weighted by atomic mass is 9.68. The number of rotatable bonds is 5. The van der Waals surface area contributed by atoms with E-state index in [1.807, 2.05) is 19.9 Å². The molecule has 9 heteroatoms. The molecule has 186 valence electrons. The predicted molar refractivity (Wildman–Crippen MR) is 132 cm³/mol. The summed E-state index contributed by atoms with van der Waals surface area (Å²) < 4.78 is 17.9. The van der Waals surface area contributed by atoms with Crippen LogP contribution < -0.4 is 20.9 Å². The van der Waals surface area contributed by atoms with Gasteiger partial charge in [0.05, 0.1) is 25.5 Å². The molecule has 4 heterocycles. The molecule has 0 radical (unpaired) electrons. The lowest BCUT2D eigenvalue weighted by Crippen LogP contribution is -2.52. The van der Waals surface area contributed by atoms with E-state index in [9.17, 15) is 14.4 Å². The number of para-hydroxylation sites is 1. The molecule has 1 atom stereocenters. The summed E-state index contributed by atoms with van der Waals surface area (Å²) in [6.45, 7) is 6.26. The van der Waals surface area contributed by atoms with Gasteiger partial charge in [-0.15, -0.1) is 0 Å². The van der Waals surface area contributed by atoms with Gasteiger partial charge in [0.15, 0.2) is 0 Å². The number of benzene rings is 1. The third-order valence-corrected chi connectivity index (χ3v) is 6.68. The van der Waals surface area contributed by atoms with Crippen molar-refractivity contribution in [3.8, 4) is 5.75 Å². The Bertz CT molecular complexity index is 1470. The molecule has 0 aliphatic carbocycles. The third-order valence-electron chi connectivity index (χ3n) is 6.68. The number of aryl methyl sites for hydroxylation is 1. The molecular formula is C27H27N3O6. The highest BCUT2D eigenvalue weighted by atomic mass is 16.5. The smallest absolute Gasteiger partial charge is 0.340 e. The number of aromatic nitrogens is 1. The van der Waals surface area contributed by atoms with Crippen LogP contribution in [0.2, 0.25) is 0 Å². The fourth-order valence-electron chi connectivity index (χ4n) is 5.24. The molecule has 1 spiro atoms. The SMILES string of the molecule is COC(=O)C1=C(N)Oc2cc(C)n(Cc3ccco3)c(=O)c2C12C(=O)N(CC(C)C)c1ccccc12. The normalized spacial score (nSPS) is 18.5. The molecule has 0 bridgehead atoms. The number of nitrogens with two attached hydrogens (primary N) is 1. The summed E-state index contributed by atoms with van der Waals surface area (Å²) in [5, 5.41) is 0. The van der Waals surface area contributed by atoms with E-state index in [2.05, 4.69) is 0 Å². The Hall–Kier alpha value is -4.27. The number of hydrogen-bond acceptors (Lipinski definition) is 7. The topological polar surface area (TPSA) is 117 Å². The van der Waals surface area contributed by atoms with Crippen molar-refractivity contribution in [2.45, 2.75) is 32.7 Å². The van der Waals surface area contributed by atoms with Gasteiger partial charge in [-0.2, -0.15) is 0 Å². The average molecular weight is 490 g/mol. The van der Waals surface area contributed by atoms with Crippen molar-refractivity contribution in [1.82, 2.24) is 4.57 Å². The number of pyridine rings is 1. The minimum atomic E-state index is -1.83. The van der Waals surface area contributed by atoms with E-state index in [-0.39, 0.29) is 35.2 Å². The van der Waals surface area contributed by atoms with Crippen molar-refractivity contribution in [2.24, 2.45) is 11.7 Å². The fourth-order valence-corrected chi connectivity index (χ4v) is 5.24. The Labute approximate surface area is 207 Å². The highest BCUT2D eigenvalue weighted by Gasteiger charge is 2.62. The largest absolute Gasteiger partial charge is 0.467 e. The van der Waals surface area contributed by atoms with Crippen LogP contribution in [-0.2, 0) is 26.3 Å². The van der Waals surface area contributed by atoms with Crippen LogP contribution in [0.3, 0.4) is 0 Å². The fraction of sp³-hybridized carbons (Fsp3) is 0.296. The summed E-state index contributed by atoms with van der Waals surface area (Å²) in [6, 6.07) is 12.3. The number of methoxy groups -OCH3 is 1. The van der Waals surface area contributed by atoms with E-state index in [0.29, 0.717) is 29.2 Å². The van der Waals surface area contributed by atoms with Crippen molar-refractivity contribution < 1.29 is 23.5 Å². The Morgan fingerprint density at radius 1 is 1.17 bits per heavy atom. The molecule has 1 unspecified atom stereocenters. The summed E-state index contributed by atoms with van der Waals surface area (Å²) in [4.78, 5) is 43.5. The highest BCUT2D eigenvalue weighted by Crippen LogP contribution is 2.54. The molecule has 3 aromatic rings. The Balaban J connectivity index is 1.88. The zero-order chi connectivity index (χ0) is 25.8. The number of esters is 1. The van der Waals surface area contributed by atoms with Crippen LogP contribution in [0.4, 0.5) is 5.69 Å². The maximum Gasteiger partial charge on any atom is 0.340 e. The van der Waals surface area contributed by atoms with Crippen LogP contribution in [0.5, 0.6) is 5.75 Å². The second-order valence-corrected chi connectivity index (χ2v) is 9.41. The molecule has 0 saturated carbocycles. The second-order valence-electron chi connectivity index (χ2n) is 9.41. The van der Waals surface area contributed by atoms with Gasteiger partial charge in [-0.05, 0) is 31.0 Å². The van der Waals surface area contributed by atoms with Gasteiger partial charge < -0.3 is 29.1 Å². The summed E-state index contributed by atoms with van der Waals surface area (Å²) in [7, 11) is 1.20. The standard InChI is InChI=1S/C27H27N3O6/c1-15(2)13-30-19-10-6-5-9-18(19)27(26(30)33)21-20(36-23(28)22(27)25(32)34-4)12-16(3)29(24(21)31)14-17-8-7-11-35-17/h5-12,15H,13-14,28H2,1-4H3. The van der Waals surface area contributed by atoms with E-state index < -0.39 is 22.9 Å². The number of furan rings is 1. The van der Waals surface area contributed by atoms with Crippen molar-refractivity contribution in [3.05, 3.63) is 93.1 Å². The van der Waals surface area contributed by atoms with Crippen molar-refractivity contribution in [1.29, 1.82) is 0 Å². The number of carbonyl (C=O) groups is 2. The third kappa shape index (κ3) is 3.19. The van der Waals surface area contributed by atoms with E-state index in [1.165, 1.54) is 17.9 Å². The van der Waals surface area contributed by atoms with E-state index >= 15 is 0 Å². The summed E-state index contributed by atoms with van der Waals surface area (Å²) in [5.74, 6) is -0.748. The first kappa shape index (κ1) is 23.5. The van der Waals surface area contributed by atoms with Gasteiger partial charge in [0.2, 0.25) is 11.8 Å². The lowest BCUT2D eigenvalue weighted by Gasteiger charge is -2.36. The number of anilines is 1. The number of hydrogen-bond donors (Lipinski definition) is 1. The first-order valence-corrected chi connectivity index (χ1v) is 11.7. The first-order chi connectivity index (χ1) is 17.2. The zero-order valence-corrected chi connectivity index (χ0v) is 20.5. The number of amides is 1. The number of fused-ring (bicyclic) bond motifs is 4. The van der Waals surface area contributed by atoms with Gasteiger partial charge in [-0.1, -0.05) is 32.0 Å². The van der Waals surface area contributed by atoms with Crippen LogP contribution in [0.25, 0.3) is 0 Å². The number of carbonyl (C=O) groups excluding carboxylic acids is 2. The number of ether oxygens (including phenoxy) is 2. The molecule has 1 aromatic carbocycles. The maximum absolute atomic E-state index is 14.5. The van der Waals surface area contributed by atoms with Crippen molar-refractivity contribution in [3.63, 3.8) is 0 Å². The van der Waals surface area contributed by atoms with E-state index in [0.717, 1.165) is 0 Å². The van der Waals surface area contributed by atoms with E-state index in [1.54, 1.807) is 48.2 Å². The van der Waals surface area contributed by atoms with Gasteiger partial charge in [0.1, 0.15) is 22.5 Å². The zero-order valence-electron chi connectivity index (χ0n) is 20.5. The quantitative estimate of drug-likeness (QED) is 0.548. The Morgan fingerprint density at radius 2 is 1.92 bits per heavy atom. The number of nitrogens with zero attached hydrogens (tertiary/aromatic N) is 2. The van der Waals surface area contributed by atoms with Crippen LogP contribution in [0.15, 0.2) is 69.4 Å².